The van der Waals surface area contributed by atoms with Crippen molar-refractivity contribution in [2.75, 3.05) is 0 Å². The Morgan fingerprint density at radius 2 is 1.57 bits per heavy atom. The van der Waals surface area contributed by atoms with Crippen LogP contribution < -0.4 is 125 Å². The molecule has 0 aromatic rings. The Bertz CT molecular complexity index is 34.7. The quantitative estimate of drug-likeness (QED) is 0.432. The number of hydrogen-bond acceptors (Lipinski definition) is 3. The normalized spacial score (nSPS) is 3.43. The molecule has 32 valence electrons. The standard InChI is InChI=1S/CH2O3.Cs.K.H2O/c2-1(3)4;;;/h(H2,2,3,4);;;1H2/q;2*+1;/p-2. The van der Waals surface area contributed by atoms with Crippen molar-refractivity contribution in [1.29, 1.82) is 0 Å². The second-order valence-corrected chi connectivity index (χ2v) is 0.266. The van der Waals surface area contributed by atoms with E-state index in [-0.39, 0.29) is 126 Å². The molecule has 0 aromatic heterocycles. The largest absolute Gasteiger partial charge is 1.00 e. The van der Waals surface area contributed by atoms with Gasteiger partial charge in [0.05, 0.1) is 0 Å². The van der Waals surface area contributed by atoms with Crippen molar-refractivity contribution in [3.63, 3.8) is 0 Å². The van der Waals surface area contributed by atoms with Crippen LogP contribution in [-0.2, 0) is 0 Å². The summed E-state index contributed by atoms with van der Waals surface area (Å²) in [6.45, 7) is 0. The molecule has 4 nitrogen and oxygen atoms in total. The Morgan fingerprint density at radius 1 is 1.57 bits per heavy atom. The summed E-state index contributed by atoms with van der Waals surface area (Å²) in [5, 5.41) is 15.3. The smallest absolute Gasteiger partial charge is 0.870 e. The van der Waals surface area contributed by atoms with E-state index in [2.05, 4.69) is 0 Å². The van der Waals surface area contributed by atoms with Crippen molar-refractivity contribution in [2.24, 2.45) is 0 Å². The van der Waals surface area contributed by atoms with Gasteiger partial charge in [0, 0.05) is 0 Å². The third-order valence-corrected chi connectivity index (χ3v) is 0. The number of hydrogen-bond donors (Lipinski definition) is 1. The zero-order valence-electron chi connectivity index (χ0n) is 4.21. The fourth-order valence-corrected chi connectivity index (χ4v) is 0. The number of carboxylic acid groups (broad SMARTS) is 2. The van der Waals surface area contributed by atoms with Crippen LogP contribution in [0.5, 0.6) is 0 Å². The van der Waals surface area contributed by atoms with Gasteiger partial charge in [0.2, 0.25) is 6.16 Å². The molecule has 0 atom stereocenters. The van der Waals surface area contributed by atoms with Crippen LogP contribution in [-0.4, -0.2) is 16.7 Å². The van der Waals surface area contributed by atoms with E-state index in [9.17, 15) is 0 Å². The van der Waals surface area contributed by atoms with Crippen molar-refractivity contribution in [3.05, 3.63) is 0 Å². The van der Waals surface area contributed by atoms with Crippen LogP contribution in [0.25, 0.3) is 0 Å². The molecule has 0 saturated heterocycles. The van der Waals surface area contributed by atoms with Crippen molar-refractivity contribution in [2.45, 2.75) is 0 Å². The molecule has 0 radical (unpaired) electrons. The molecule has 0 bridgehead atoms. The molecule has 0 rings (SSSR count). The molecule has 0 spiro atoms. The third-order valence-electron chi connectivity index (χ3n) is 0. The third kappa shape index (κ3) is 50.1. The zero-order chi connectivity index (χ0) is 3.58. The van der Waals surface area contributed by atoms with Crippen molar-refractivity contribution >= 4 is 6.16 Å². The first kappa shape index (κ1) is 22.5. The minimum Gasteiger partial charge on any atom is -0.870 e. The molecule has 0 aliphatic heterocycles. The van der Waals surface area contributed by atoms with Crippen molar-refractivity contribution in [1.82, 2.24) is 0 Å². The second-order valence-electron chi connectivity index (χ2n) is 0.266. The van der Waals surface area contributed by atoms with Crippen LogP contribution >= 0.6 is 0 Å². The Labute approximate surface area is 142 Å². The van der Waals surface area contributed by atoms with Gasteiger partial charge in [-0.15, -0.1) is 0 Å². The van der Waals surface area contributed by atoms with Crippen LogP contribution in [0.1, 0.15) is 0 Å². The number of rotatable bonds is 0. The van der Waals surface area contributed by atoms with Gasteiger partial charge < -0.3 is 20.5 Å². The van der Waals surface area contributed by atoms with Gasteiger partial charge in [-0.1, -0.05) is 0 Å². The maximum atomic E-state index is 8.44. The average Bonchev–Trinajstić information content (AvgIpc) is 0.811. The zero-order valence-corrected chi connectivity index (χ0v) is 13.6. The van der Waals surface area contributed by atoms with Crippen LogP contribution in [0.3, 0.4) is 0 Å². The average molecular weight is 250 g/mol. The van der Waals surface area contributed by atoms with E-state index in [4.69, 9.17) is 15.0 Å². The van der Waals surface area contributed by atoms with E-state index in [1.54, 1.807) is 0 Å². The molecule has 0 fully saturated rings. The summed E-state index contributed by atoms with van der Waals surface area (Å²) in [4.78, 5) is 8.44. The monoisotopic (exact) mass is 250 g/mol. The Morgan fingerprint density at radius 3 is 1.57 bits per heavy atom. The van der Waals surface area contributed by atoms with Crippen molar-refractivity contribution < 1.29 is 141 Å². The van der Waals surface area contributed by atoms with Crippen LogP contribution in [0.2, 0.25) is 0 Å². The molecule has 2 N–H and O–H groups in total. The molecular weight excluding hydrogens is 248 g/mol. The van der Waals surface area contributed by atoms with E-state index < -0.39 is 6.16 Å². The van der Waals surface area contributed by atoms with E-state index in [0.717, 1.165) is 0 Å². The van der Waals surface area contributed by atoms with Crippen LogP contribution in [0.15, 0.2) is 0 Å². The van der Waals surface area contributed by atoms with Gasteiger partial charge >= 0.3 is 120 Å². The maximum Gasteiger partial charge on any atom is 1.00 e. The molecule has 7 heavy (non-hydrogen) atoms. The van der Waals surface area contributed by atoms with E-state index in [1.165, 1.54) is 0 Å². The summed E-state index contributed by atoms with van der Waals surface area (Å²) in [7, 11) is 0. The Kier molecular flexibility index (Phi) is 51.4. The summed E-state index contributed by atoms with van der Waals surface area (Å²) in [6, 6.07) is 0. The summed E-state index contributed by atoms with van der Waals surface area (Å²) in [6.07, 6.45) is -2.08. The second kappa shape index (κ2) is 16.0. The Hall–Kier alpha value is 2.92. The van der Waals surface area contributed by atoms with Crippen molar-refractivity contribution in [3.8, 4) is 0 Å². The van der Waals surface area contributed by atoms with Gasteiger partial charge in [-0.25, -0.2) is 0 Å². The van der Waals surface area contributed by atoms with Gasteiger partial charge in [-0.05, 0) is 0 Å². The molecule has 0 heterocycles. The van der Waals surface area contributed by atoms with Crippen LogP contribution in [0, 0.1) is 0 Å². The van der Waals surface area contributed by atoms with E-state index in [1.807, 2.05) is 0 Å². The molecule has 0 aromatic carbocycles. The molecule has 0 unspecified atom stereocenters. The fourth-order valence-electron chi connectivity index (χ4n) is 0. The van der Waals surface area contributed by atoms with Gasteiger partial charge in [0.1, 0.15) is 0 Å². The first-order chi connectivity index (χ1) is 1.73. The molecule has 6 heteroatoms. The van der Waals surface area contributed by atoms with Gasteiger partial charge in [-0.2, -0.15) is 0 Å². The summed E-state index contributed by atoms with van der Waals surface area (Å²) in [5.41, 5.74) is 0. The molecule has 0 aliphatic rings. The first-order valence-corrected chi connectivity index (χ1v) is 0.632. The first-order valence-electron chi connectivity index (χ1n) is 0.632. The molecule has 0 amide bonds. The van der Waals surface area contributed by atoms with Gasteiger partial charge in [-0.3, -0.25) is 0 Å². The van der Waals surface area contributed by atoms with E-state index >= 15 is 0 Å². The molecular formula is CH2CsKO4. The maximum absolute atomic E-state index is 8.44. The molecule has 0 saturated carbocycles. The number of carbonyl (C=O) groups is 1. The predicted octanol–water partition coefficient (Wildman–Crippen LogP) is -7.28. The van der Waals surface area contributed by atoms with Gasteiger partial charge in [0.25, 0.3) is 0 Å². The van der Waals surface area contributed by atoms with E-state index in [0.29, 0.717) is 0 Å². The summed E-state index contributed by atoms with van der Waals surface area (Å²) >= 11 is 0. The minimum atomic E-state index is -2.08. The SMILES string of the molecule is O=C([O-])O.[Cs+].[K+].[OH-]. The fraction of sp³-hybridized carbons (Fsp3) is 0. The minimum absolute atomic E-state index is 0. The summed E-state index contributed by atoms with van der Waals surface area (Å²) < 4.78 is 0. The topological polar surface area (TPSA) is 90.4 Å². The predicted molar refractivity (Wildman–Crippen MR) is 9.96 cm³/mol. The van der Waals surface area contributed by atoms with Crippen LogP contribution in [0.4, 0.5) is 4.79 Å². The van der Waals surface area contributed by atoms with Gasteiger partial charge in [0.15, 0.2) is 0 Å². The Balaban J connectivity index is -0.0000000150. The molecule has 0 aliphatic carbocycles. The summed E-state index contributed by atoms with van der Waals surface area (Å²) in [5.74, 6) is 0.